The normalized spacial score (nSPS) is 19.3. The molecule has 28 heavy (non-hydrogen) atoms. The summed E-state index contributed by atoms with van der Waals surface area (Å²) in [5.41, 5.74) is 2.17. The lowest BCUT2D eigenvalue weighted by molar-refractivity contribution is -0.137. The van der Waals surface area contributed by atoms with E-state index in [0.717, 1.165) is 36.7 Å². The molecule has 3 nitrogen and oxygen atoms in total. The van der Waals surface area contributed by atoms with Gasteiger partial charge in [-0.05, 0) is 74.1 Å². The van der Waals surface area contributed by atoms with E-state index in [0.29, 0.717) is 30.1 Å². The van der Waals surface area contributed by atoms with Crippen molar-refractivity contribution < 1.29 is 22.7 Å². The molecule has 1 fully saturated rings. The van der Waals surface area contributed by atoms with Crippen molar-refractivity contribution in [3.63, 3.8) is 0 Å². The molecule has 0 N–H and O–H groups in total. The third kappa shape index (κ3) is 3.36. The van der Waals surface area contributed by atoms with Gasteiger partial charge in [0.15, 0.2) is 0 Å². The number of fused-ring (bicyclic) bond motifs is 1. The average Bonchev–Trinajstić information content (AvgIpc) is 2.97. The smallest absolute Gasteiger partial charge is 0.416 e. The van der Waals surface area contributed by atoms with Crippen LogP contribution in [0.2, 0.25) is 0 Å². The Labute approximate surface area is 162 Å². The summed E-state index contributed by atoms with van der Waals surface area (Å²) in [5, 5.41) is 0. The van der Waals surface area contributed by atoms with Crippen LogP contribution in [0.5, 0.6) is 0 Å². The first-order valence-electron chi connectivity index (χ1n) is 9.65. The Balaban J connectivity index is 1.74. The van der Waals surface area contributed by atoms with Crippen LogP contribution in [0.3, 0.4) is 0 Å². The number of rotatable bonds is 4. The van der Waals surface area contributed by atoms with Gasteiger partial charge in [0.05, 0.1) is 17.7 Å². The standard InChI is InChI=1S/C22H22F3NO2/c1-2-28-21(27)15-7-4-8-18(12-15)26-19-10-9-17(22(23,24)25)11-16(19)13-20(26)14-5-3-6-14/h4,7-12,14,20H,2-3,5-6,13H2,1H3. The summed E-state index contributed by atoms with van der Waals surface area (Å²) in [6, 6.07) is 11.3. The molecule has 148 valence electrons. The van der Waals surface area contributed by atoms with Gasteiger partial charge in [0.2, 0.25) is 0 Å². The summed E-state index contributed by atoms with van der Waals surface area (Å²) in [6.07, 6.45) is -0.439. The Morgan fingerprint density at radius 2 is 1.96 bits per heavy atom. The van der Waals surface area contributed by atoms with Gasteiger partial charge in [-0.1, -0.05) is 12.5 Å². The van der Waals surface area contributed by atoms with Crippen molar-refractivity contribution in [1.29, 1.82) is 0 Å². The van der Waals surface area contributed by atoms with Crippen LogP contribution >= 0.6 is 0 Å². The van der Waals surface area contributed by atoms with Gasteiger partial charge in [-0.25, -0.2) is 4.79 Å². The van der Waals surface area contributed by atoms with E-state index in [1.165, 1.54) is 6.07 Å². The molecule has 0 aromatic heterocycles. The molecule has 1 aliphatic heterocycles. The second kappa shape index (κ2) is 7.15. The van der Waals surface area contributed by atoms with Crippen molar-refractivity contribution in [2.24, 2.45) is 5.92 Å². The molecule has 1 unspecified atom stereocenters. The van der Waals surface area contributed by atoms with Crippen molar-refractivity contribution in [3.05, 3.63) is 59.2 Å². The van der Waals surface area contributed by atoms with Crippen molar-refractivity contribution >= 4 is 17.3 Å². The Morgan fingerprint density at radius 1 is 1.18 bits per heavy atom. The maximum atomic E-state index is 13.2. The van der Waals surface area contributed by atoms with Crippen LogP contribution in [0.1, 0.15) is 47.7 Å². The van der Waals surface area contributed by atoms with Crippen LogP contribution in [0.25, 0.3) is 0 Å². The molecule has 2 aliphatic rings. The summed E-state index contributed by atoms with van der Waals surface area (Å²) in [5.74, 6) is 0.0596. The Hall–Kier alpha value is -2.50. The third-order valence-electron chi connectivity index (χ3n) is 5.76. The Kier molecular flexibility index (Phi) is 4.81. The fourth-order valence-electron chi connectivity index (χ4n) is 4.19. The van der Waals surface area contributed by atoms with Gasteiger partial charge >= 0.3 is 12.1 Å². The van der Waals surface area contributed by atoms with E-state index in [1.807, 2.05) is 6.07 Å². The minimum atomic E-state index is -4.35. The first-order valence-corrected chi connectivity index (χ1v) is 9.65. The van der Waals surface area contributed by atoms with Crippen LogP contribution in [-0.4, -0.2) is 18.6 Å². The molecule has 6 heteroatoms. The molecule has 1 atom stereocenters. The first-order chi connectivity index (χ1) is 13.4. The van der Waals surface area contributed by atoms with Gasteiger partial charge in [-0.3, -0.25) is 0 Å². The molecular weight excluding hydrogens is 367 g/mol. The van der Waals surface area contributed by atoms with Crippen LogP contribution in [-0.2, 0) is 17.3 Å². The second-order valence-electron chi connectivity index (χ2n) is 7.44. The zero-order valence-electron chi connectivity index (χ0n) is 15.6. The summed E-state index contributed by atoms with van der Waals surface area (Å²) < 4.78 is 44.6. The molecule has 1 heterocycles. The number of benzene rings is 2. The monoisotopic (exact) mass is 389 g/mol. The summed E-state index contributed by atoms with van der Waals surface area (Å²) in [4.78, 5) is 14.2. The predicted molar refractivity (Wildman–Crippen MR) is 101 cm³/mol. The zero-order chi connectivity index (χ0) is 19.9. The lowest BCUT2D eigenvalue weighted by Crippen LogP contribution is -2.38. The van der Waals surface area contributed by atoms with Crippen molar-refractivity contribution in [1.82, 2.24) is 0 Å². The van der Waals surface area contributed by atoms with Crippen molar-refractivity contribution in [2.45, 2.75) is 44.8 Å². The SMILES string of the molecule is CCOC(=O)c1cccc(N2c3ccc(C(F)(F)F)cc3CC2C2CCC2)c1. The van der Waals surface area contributed by atoms with Gasteiger partial charge < -0.3 is 9.64 Å². The largest absolute Gasteiger partial charge is 0.462 e. The molecule has 0 amide bonds. The Bertz CT molecular complexity index is 890. The molecule has 0 radical (unpaired) electrons. The molecule has 0 spiro atoms. The van der Waals surface area contributed by atoms with E-state index >= 15 is 0 Å². The third-order valence-corrected chi connectivity index (χ3v) is 5.76. The number of anilines is 2. The maximum absolute atomic E-state index is 13.2. The number of carbonyl (C=O) groups is 1. The number of nitrogens with zero attached hydrogens (tertiary/aromatic N) is 1. The number of carbonyl (C=O) groups excluding carboxylic acids is 1. The number of hydrogen-bond donors (Lipinski definition) is 0. The summed E-state index contributed by atoms with van der Waals surface area (Å²) in [7, 11) is 0. The number of halogens is 3. The van der Waals surface area contributed by atoms with E-state index in [4.69, 9.17) is 4.74 Å². The average molecular weight is 389 g/mol. The molecule has 4 rings (SSSR count). The topological polar surface area (TPSA) is 29.5 Å². The zero-order valence-corrected chi connectivity index (χ0v) is 15.6. The van der Waals surface area contributed by atoms with E-state index in [-0.39, 0.29) is 6.04 Å². The van der Waals surface area contributed by atoms with Gasteiger partial charge in [-0.15, -0.1) is 0 Å². The minimum absolute atomic E-state index is 0.115. The molecule has 0 saturated heterocycles. The molecular formula is C22H22F3NO2. The quantitative estimate of drug-likeness (QED) is 0.624. The van der Waals surface area contributed by atoms with Crippen LogP contribution in [0.4, 0.5) is 24.5 Å². The fourth-order valence-corrected chi connectivity index (χ4v) is 4.19. The van der Waals surface area contributed by atoms with E-state index in [2.05, 4.69) is 4.90 Å². The summed E-state index contributed by atoms with van der Waals surface area (Å²) >= 11 is 0. The fraction of sp³-hybridized carbons (Fsp3) is 0.409. The van der Waals surface area contributed by atoms with E-state index < -0.39 is 17.7 Å². The predicted octanol–water partition coefficient (Wildman–Crippen LogP) is 5.75. The van der Waals surface area contributed by atoms with Gasteiger partial charge in [-0.2, -0.15) is 13.2 Å². The van der Waals surface area contributed by atoms with Crippen molar-refractivity contribution in [3.8, 4) is 0 Å². The molecule has 2 aromatic carbocycles. The van der Waals surface area contributed by atoms with Crippen LogP contribution < -0.4 is 4.90 Å². The van der Waals surface area contributed by atoms with Crippen molar-refractivity contribution in [2.75, 3.05) is 11.5 Å². The molecule has 2 aromatic rings. The highest BCUT2D eigenvalue weighted by molar-refractivity contribution is 5.91. The number of hydrogen-bond acceptors (Lipinski definition) is 3. The highest BCUT2D eigenvalue weighted by atomic mass is 19.4. The lowest BCUT2D eigenvalue weighted by Gasteiger charge is -2.38. The van der Waals surface area contributed by atoms with E-state index in [1.54, 1.807) is 31.2 Å². The second-order valence-corrected chi connectivity index (χ2v) is 7.44. The summed E-state index contributed by atoms with van der Waals surface area (Å²) in [6.45, 7) is 2.05. The maximum Gasteiger partial charge on any atom is 0.416 e. The molecule has 1 saturated carbocycles. The minimum Gasteiger partial charge on any atom is -0.462 e. The Morgan fingerprint density at radius 3 is 2.61 bits per heavy atom. The van der Waals surface area contributed by atoms with Gasteiger partial charge in [0.25, 0.3) is 0 Å². The lowest BCUT2D eigenvalue weighted by atomic mass is 9.78. The highest BCUT2D eigenvalue weighted by Crippen LogP contribution is 2.47. The molecule has 1 aliphatic carbocycles. The van der Waals surface area contributed by atoms with E-state index in [9.17, 15) is 18.0 Å². The number of alkyl halides is 3. The number of esters is 1. The number of ether oxygens (including phenoxy) is 1. The molecule has 0 bridgehead atoms. The van der Waals surface area contributed by atoms with Crippen LogP contribution in [0.15, 0.2) is 42.5 Å². The van der Waals surface area contributed by atoms with Gasteiger partial charge in [0, 0.05) is 17.4 Å². The first kappa shape index (κ1) is 18.8. The van der Waals surface area contributed by atoms with Gasteiger partial charge in [0.1, 0.15) is 0 Å². The highest BCUT2D eigenvalue weighted by Gasteiger charge is 2.40. The van der Waals surface area contributed by atoms with Crippen LogP contribution in [0, 0.1) is 5.92 Å².